The molecule has 0 fully saturated rings. The number of nitrogens with zero attached hydrogens (tertiary/aromatic N) is 4. The number of nitrogens with one attached hydrogen (secondary N) is 1. The highest BCUT2D eigenvalue weighted by Crippen LogP contribution is 2.23. The molecule has 0 aromatic carbocycles. The first-order valence-corrected chi connectivity index (χ1v) is 7.43. The predicted octanol–water partition coefficient (Wildman–Crippen LogP) is 3.28. The van der Waals surface area contributed by atoms with Crippen LogP contribution < -0.4 is 5.32 Å². The van der Waals surface area contributed by atoms with Gasteiger partial charge in [-0.25, -0.2) is 9.97 Å². The lowest BCUT2D eigenvalue weighted by atomic mass is 10.3. The van der Waals surface area contributed by atoms with Gasteiger partial charge in [-0.15, -0.1) is 11.3 Å². The third-order valence-corrected chi connectivity index (χ3v) is 4.19. The van der Waals surface area contributed by atoms with Gasteiger partial charge in [0.25, 0.3) is 0 Å². The lowest BCUT2D eigenvalue weighted by Gasteiger charge is -2.14. The van der Waals surface area contributed by atoms with Crippen molar-refractivity contribution in [2.75, 3.05) is 5.32 Å². The lowest BCUT2D eigenvalue weighted by molar-refractivity contribution is 0.822. The second kappa shape index (κ2) is 4.86. The van der Waals surface area contributed by atoms with Gasteiger partial charge in [0.2, 0.25) is 0 Å². The topological polar surface area (TPSA) is 55.1 Å². The molecule has 1 atom stereocenters. The maximum atomic E-state index is 4.53. The second-order valence-electron chi connectivity index (χ2n) is 5.03. The highest BCUT2D eigenvalue weighted by atomic mass is 32.1. The molecule has 20 heavy (non-hydrogen) atoms. The maximum absolute atomic E-state index is 4.53. The summed E-state index contributed by atoms with van der Waals surface area (Å²) in [5, 5.41) is 11.1. The number of hydrogen-bond donors (Lipinski definition) is 1. The molecular formula is C14H17N5S. The van der Waals surface area contributed by atoms with E-state index >= 15 is 0 Å². The summed E-state index contributed by atoms with van der Waals surface area (Å²) in [6, 6.07) is 4.13. The number of fused-ring (bicyclic) bond motifs is 1. The van der Waals surface area contributed by atoms with Crippen molar-refractivity contribution in [3.8, 4) is 0 Å². The van der Waals surface area contributed by atoms with Crippen molar-refractivity contribution in [2.45, 2.75) is 33.7 Å². The van der Waals surface area contributed by atoms with Crippen LogP contribution in [0.5, 0.6) is 0 Å². The Bertz CT molecular complexity index is 758. The molecule has 1 unspecified atom stereocenters. The Balaban J connectivity index is 1.97. The largest absolute Gasteiger partial charge is 0.361 e. The molecule has 104 valence electrons. The van der Waals surface area contributed by atoms with E-state index in [9.17, 15) is 0 Å². The fourth-order valence-corrected chi connectivity index (χ4v) is 2.98. The molecule has 5 nitrogen and oxygen atoms in total. The third-order valence-electron chi connectivity index (χ3n) is 3.05. The molecule has 0 saturated heterocycles. The van der Waals surface area contributed by atoms with E-state index in [2.05, 4.69) is 32.7 Å². The number of rotatable bonds is 3. The number of thiazole rings is 1. The van der Waals surface area contributed by atoms with Crippen LogP contribution in [0, 0.1) is 20.8 Å². The lowest BCUT2D eigenvalue weighted by Crippen LogP contribution is -2.11. The molecule has 0 saturated carbocycles. The number of aryl methyl sites for hydroxylation is 3. The Morgan fingerprint density at radius 2 is 1.90 bits per heavy atom. The van der Waals surface area contributed by atoms with Gasteiger partial charge < -0.3 is 5.32 Å². The van der Waals surface area contributed by atoms with Crippen LogP contribution in [-0.2, 0) is 0 Å². The van der Waals surface area contributed by atoms with Crippen molar-refractivity contribution in [1.29, 1.82) is 0 Å². The quantitative estimate of drug-likeness (QED) is 0.803. The van der Waals surface area contributed by atoms with Gasteiger partial charge in [0.15, 0.2) is 5.65 Å². The molecular weight excluding hydrogens is 270 g/mol. The summed E-state index contributed by atoms with van der Waals surface area (Å²) in [6.45, 7) is 8.09. The Kier molecular flexibility index (Phi) is 3.17. The van der Waals surface area contributed by atoms with Crippen molar-refractivity contribution in [2.24, 2.45) is 0 Å². The van der Waals surface area contributed by atoms with Crippen molar-refractivity contribution in [1.82, 2.24) is 19.6 Å². The van der Waals surface area contributed by atoms with E-state index in [4.69, 9.17) is 0 Å². The average Bonchev–Trinajstić information content (AvgIpc) is 2.94. The fraction of sp³-hybridized carbons (Fsp3) is 0.357. The molecule has 3 heterocycles. The summed E-state index contributed by atoms with van der Waals surface area (Å²) in [5.41, 5.74) is 3.86. The van der Waals surface area contributed by atoms with Gasteiger partial charge in [0.1, 0.15) is 10.8 Å². The summed E-state index contributed by atoms with van der Waals surface area (Å²) >= 11 is 1.67. The number of aromatic nitrogens is 4. The van der Waals surface area contributed by atoms with Crippen molar-refractivity contribution >= 4 is 22.8 Å². The predicted molar refractivity (Wildman–Crippen MR) is 81.3 cm³/mol. The molecule has 6 heteroatoms. The summed E-state index contributed by atoms with van der Waals surface area (Å²) < 4.78 is 1.85. The Morgan fingerprint density at radius 1 is 1.10 bits per heavy atom. The molecule has 0 spiro atoms. The van der Waals surface area contributed by atoms with Crippen molar-refractivity contribution in [3.63, 3.8) is 0 Å². The molecule has 3 aromatic heterocycles. The van der Waals surface area contributed by atoms with E-state index in [1.54, 1.807) is 11.3 Å². The van der Waals surface area contributed by atoms with Crippen LogP contribution in [-0.4, -0.2) is 19.6 Å². The van der Waals surface area contributed by atoms with Gasteiger partial charge in [0.05, 0.1) is 11.7 Å². The number of hydrogen-bond acceptors (Lipinski definition) is 5. The molecule has 0 radical (unpaired) electrons. The second-order valence-corrected chi connectivity index (χ2v) is 5.92. The summed E-state index contributed by atoms with van der Waals surface area (Å²) in [4.78, 5) is 9.01. The van der Waals surface area contributed by atoms with E-state index in [0.29, 0.717) is 0 Å². The summed E-state index contributed by atoms with van der Waals surface area (Å²) in [7, 11) is 0. The van der Waals surface area contributed by atoms with E-state index in [-0.39, 0.29) is 6.04 Å². The minimum absolute atomic E-state index is 0.142. The zero-order valence-corrected chi connectivity index (χ0v) is 12.8. The van der Waals surface area contributed by atoms with Crippen LogP contribution in [0.3, 0.4) is 0 Å². The highest BCUT2D eigenvalue weighted by Gasteiger charge is 2.13. The minimum atomic E-state index is 0.142. The molecule has 1 N–H and O–H groups in total. The molecule has 0 aliphatic rings. The first-order valence-electron chi connectivity index (χ1n) is 6.55. The van der Waals surface area contributed by atoms with E-state index < -0.39 is 0 Å². The monoisotopic (exact) mass is 287 g/mol. The molecule has 3 aromatic rings. The normalized spacial score (nSPS) is 12.8. The Hall–Kier alpha value is -1.95. The third kappa shape index (κ3) is 2.38. The maximum Gasteiger partial charge on any atom is 0.157 e. The Labute approximate surface area is 121 Å². The van der Waals surface area contributed by atoms with Crippen LogP contribution in [0.15, 0.2) is 17.5 Å². The van der Waals surface area contributed by atoms with Crippen LogP contribution in [0.2, 0.25) is 0 Å². The highest BCUT2D eigenvalue weighted by molar-refractivity contribution is 7.09. The molecule has 3 rings (SSSR count). The molecule has 0 bridgehead atoms. The molecule has 0 aliphatic carbocycles. The molecule has 0 amide bonds. The van der Waals surface area contributed by atoms with Crippen molar-refractivity contribution < 1.29 is 0 Å². The van der Waals surface area contributed by atoms with Crippen LogP contribution in [0.25, 0.3) is 5.65 Å². The zero-order chi connectivity index (χ0) is 14.3. The van der Waals surface area contributed by atoms with E-state index in [1.165, 1.54) is 0 Å². The minimum Gasteiger partial charge on any atom is -0.361 e. The van der Waals surface area contributed by atoms with Gasteiger partial charge in [0, 0.05) is 28.9 Å². The Morgan fingerprint density at radius 3 is 2.60 bits per heavy atom. The van der Waals surface area contributed by atoms with Gasteiger partial charge in [-0.05, 0) is 27.7 Å². The summed E-state index contributed by atoms with van der Waals surface area (Å²) in [5.74, 6) is 0.945. The SMILES string of the molecule is Cc1csc(C(C)Nc2cc(C)nc3cc(C)nn23)n1. The summed E-state index contributed by atoms with van der Waals surface area (Å²) in [6.07, 6.45) is 0. The number of anilines is 1. The first kappa shape index (κ1) is 13.1. The smallest absolute Gasteiger partial charge is 0.157 e. The fourth-order valence-electron chi connectivity index (χ4n) is 2.17. The molecule has 0 aliphatic heterocycles. The van der Waals surface area contributed by atoms with Gasteiger partial charge in [-0.3, -0.25) is 0 Å². The van der Waals surface area contributed by atoms with E-state index in [0.717, 1.165) is 33.6 Å². The zero-order valence-electron chi connectivity index (χ0n) is 12.0. The van der Waals surface area contributed by atoms with Crippen LogP contribution in [0.1, 0.15) is 35.1 Å². The van der Waals surface area contributed by atoms with Crippen LogP contribution >= 0.6 is 11.3 Å². The standard InChI is InChI=1S/C14H17N5S/c1-8-5-13(19-12(15-8)6-9(2)18-19)17-11(4)14-16-10(3)7-20-14/h5-7,11,17H,1-4H3. The first-order chi connectivity index (χ1) is 9.52. The van der Waals surface area contributed by atoms with E-state index in [1.807, 2.05) is 37.4 Å². The van der Waals surface area contributed by atoms with Gasteiger partial charge >= 0.3 is 0 Å². The average molecular weight is 287 g/mol. The van der Waals surface area contributed by atoms with Crippen molar-refractivity contribution in [3.05, 3.63) is 39.6 Å². The van der Waals surface area contributed by atoms with Gasteiger partial charge in [-0.1, -0.05) is 0 Å². The van der Waals surface area contributed by atoms with Gasteiger partial charge in [-0.2, -0.15) is 9.61 Å². The van der Waals surface area contributed by atoms with Crippen LogP contribution in [0.4, 0.5) is 5.82 Å².